The van der Waals surface area contributed by atoms with Crippen molar-refractivity contribution in [1.82, 2.24) is 55.6 Å². The molecule has 0 unspecified atom stereocenters. The summed E-state index contributed by atoms with van der Waals surface area (Å²) in [6.07, 6.45) is 3.04. The molecule has 0 aliphatic carbocycles. The number of rotatable bonds is 15. The number of likely N-dealkylation sites (N-methyl/N-ethyl adjacent to an activating group) is 7. The van der Waals surface area contributed by atoms with E-state index in [1.165, 1.54) is 87.7 Å². The van der Waals surface area contributed by atoms with Crippen molar-refractivity contribution in [3.63, 3.8) is 0 Å². The number of aliphatic hydroxyl groups is 1. The maximum atomic E-state index is 15.1. The monoisotopic (exact) mass is 1200 g/mol. The molecule has 1 aliphatic rings. The molecule has 1 rings (SSSR count). The first-order chi connectivity index (χ1) is 39.2. The second-order valence-corrected chi connectivity index (χ2v) is 26.1. The number of hydrogen-bond acceptors (Lipinski definition) is 12. The summed E-state index contributed by atoms with van der Waals surface area (Å²) < 4.78 is 0. The van der Waals surface area contributed by atoms with Crippen LogP contribution in [-0.2, 0) is 52.7 Å². The Labute approximate surface area is 508 Å². The van der Waals surface area contributed by atoms with E-state index in [0.29, 0.717) is 6.42 Å². The van der Waals surface area contributed by atoms with Crippen LogP contribution in [0, 0.1) is 41.4 Å². The highest BCUT2D eigenvalue weighted by Gasteiger charge is 2.45. The van der Waals surface area contributed by atoms with Gasteiger partial charge in [0.1, 0.15) is 60.4 Å². The average Bonchev–Trinajstić information content (AvgIpc) is 3.62. The lowest BCUT2D eigenvalue weighted by Crippen LogP contribution is -2.63. The van der Waals surface area contributed by atoms with Crippen molar-refractivity contribution in [2.45, 2.75) is 223 Å². The molecule has 1 aliphatic heterocycles. The minimum atomic E-state index is -1.61. The summed E-state index contributed by atoms with van der Waals surface area (Å²) in [5.41, 5.74) is 0. The predicted octanol–water partition coefficient (Wildman–Crippen LogP) is 3.27. The van der Waals surface area contributed by atoms with Gasteiger partial charge in [0, 0.05) is 49.3 Å². The highest BCUT2D eigenvalue weighted by Crippen LogP contribution is 2.26. The molecule has 1 heterocycles. The highest BCUT2D eigenvalue weighted by atomic mass is 16.3. The van der Waals surface area contributed by atoms with Gasteiger partial charge in [-0.2, -0.15) is 0 Å². The van der Waals surface area contributed by atoms with Crippen LogP contribution in [0.4, 0.5) is 0 Å². The van der Waals surface area contributed by atoms with Crippen molar-refractivity contribution in [1.29, 1.82) is 0 Å². The van der Waals surface area contributed by atoms with E-state index in [-0.39, 0.29) is 55.8 Å². The number of hydrogen-bond donors (Lipinski definition) is 5. The Morgan fingerprint density at radius 2 is 0.871 bits per heavy atom. The molecule has 0 radical (unpaired) electrons. The molecule has 11 amide bonds. The number of nitrogens with zero attached hydrogens (tertiary/aromatic N) is 7. The van der Waals surface area contributed by atoms with Crippen molar-refractivity contribution in [3.8, 4) is 0 Å². The van der Waals surface area contributed by atoms with Crippen LogP contribution in [-0.4, -0.2) is 227 Å². The number of carbonyl (C=O) groups excluding carboxylic acids is 11. The Hall–Kier alpha value is -6.13. The van der Waals surface area contributed by atoms with Crippen LogP contribution in [0.15, 0.2) is 12.2 Å². The molecule has 12 atom stereocenters. The van der Waals surface area contributed by atoms with Gasteiger partial charge in [-0.15, -0.1) is 0 Å². The van der Waals surface area contributed by atoms with Crippen LogP contribution in [0.5, 0.6) is 0 Å². The van der Waals surface area contributed by atoms with E-state index >= 15 is 9.59 Å². The Morgan fingerprint density at radius 3 is 1.32 bits per heavy atom. The number of carbonyl (C=O) groups is 11. The van der Waals surface area contributed by atoms with Crippen LogP contribution in [0.25, 0.3) is 0 Å². The molecule has 0 saturated carbocycles. The molecule has 0 spiro atoms. The van der Waals surface area contributed by atoms with Gasteiger partial charge in [0.25, 0.3) is 0 Å². The topological polar surface area (TPSA) is 279 Å². The van der Waals surface area contributed by atoms with Crippen LogP contribution < -0.4 is 21.3 Å². The standard InChI is InChI=1S/C62H111N11O12/c1-25-27-28-40(15)52(75)51-56(79)65-43(26-2)58(81)67(18)33-48(74)68(19)44(29-34(3)4)55(78)66-49(38(11)12)61(84)69(20)45(30-35(5)6)54(77)63-41(16)53(76)64-42(17)57(80)70(21)46(31-36(7)8)59(82)71(22)47(32-37(9)10)60(83)72(23)50(39(13)14)62(85)73(51)24/h25,27,34-47,49-52,75H,26,28-33H2,1-24H3,(H,63,77)(H,64,76)(H,65,79)(H,66,78)/b27-25+/t40-,41+,42+,43+,44+,45-,46-,47-,49-,50+,51-,52+/m0/s1. The molecular weight excluding hydrogens is 1090 g/mol. The summed E-state index contributed by atoms with van der Waals surface area (Å²) in [7, 11) is 9.92. The largest absolute Gasteiger partial charge is 0.390 e. The van der Waals surface area contributed by atoms with Crippen LogP contribution in [0.3, 0.4) is 0 Å². The summed E-state index contributed by atoms with van der Waals surface area (Å²) in [5, 5.41) is 23.1. The quantitative estimate of drug-likeness (QED) is 0.148. The molecule has 1 saturated heterocycles. The molecule has 1 fully saturated rings. The first kappa shape index (κ1) is 76.9. The van der Waals surface area contributed by atoms with Crippen molar-refractivity contribution in [2.24, 2.45) is 41.4 Å². The minimum Gasteiger partial charge on any atom is -0.390 e. The maximum absolute atomic E-state index is 15.1. The first-order valence-corrected chi connectivity index (χ1v) is 30.6. The van der Waals surface area contributed by atoms with Gasteiger partial charge in [-0.1, -0.05) is 109 Å². The third-order valence-corrected chi connectivity index (χ3v) is 16.1. The van der Waals surface area contributed by atoms with Crippen LogP contribution >= 0.6 is 0 Å². The second kappa shape index (κ2) is 34.9. The Morgan fingerprint density at radius 1 is 0.459 bits per heavy atom. The van der Waals surface area contributed by atoms with E-state index in [4.69, 9.17) is 0 Å². The van der Waals surface area contributed by atoms with Crippen LogP contribution in [0.2, 0.25) is 0 Å². The van der Waals surface area contributed by atoms with Crippen molar-refractivity contribution < 1.29 is 57.8 Å². The number of aliphatic hydroxyl groups excluding tert-OH is 1. The first-order valence-electron chi connectivity index (χ1n) is 30.6. The lowest BCUT2D eigenvalue weighted by atomic mass is 9.91. The average molecular weight is 1200 g/mol. The van der Waals surface area contributed by atoms with Gasteiger partial charge in [0.15, 0.2) is 0 Å². The second-order valence-electron chi connectivity index (χ2n) is 26.1. The fourth-order valence-electron chi connectivity index (χ4n) is 10.7. The molecule has 85 heavy (non-hydrogen) atoms. The van der Waals surface area contributed by atoms with E-state index in [2.05, 4.69) is 21.3 Å². The predicted molar refractivity (Wildman–Crippen MR) is 328 cm³/mol. The molecule has 0 bridgehead atoms. The fraction of sp³-hybridized carbons (Fsp3) is 0.790. The van der Waals surface area contributed by atoms with Gasteiger partial charge in [0.05, 0.1) is 12.6 Å². The van der Waals surface area contributed by atoms with Crippen molar-refractivity contribution in [3.05, 3.63) is 12.2 Å². The smallest absolute Gasteiger partial charge is 0.246 e. The Kier molecular flexibility index (Phi) is 31.5. The molecule has 486 valence electrons. The summed E-state index contributed by atoms with van der Waals surface area (Å²) in [6, 6.07) is -12.3. The van der Waals surface area contributed by atoms with Gasteiger partial charge in [-0.25, -0.2) is 0 Å². The molecule has 0 aromatic heterocycles. The van der Waals surface area contributed by atoms with E-state index in [1.807, 2.05) is 61.5 Å². The molecule has 0 aromatic rings. The van der Waals surface area contributed by atoms with E-state index in [9.17, 15) is 48.3 Å². The van der Waals surface area contributed by atoms with E-state index in [1.54, 1.807) is 54.5 Å². The van der Waals surface area contributed by atoms with Gasteiger partial charge in [0.2, 0.25) is 65.0 Å². The SMILES string of the molecule is C/C=C/C[C@H](C)[C@@H](O)[C@H]1C(=O)N[C@H](CC)C(=O)N(C)CC(=O)N(C)[C@H](CC(C)C)C(=O)N[C@@H](C(C)C)C(=O)N(C)[C@@H](CC(C)C)C(=O)N[C@H](C)C(=O)N[C@H](C)C(=O)N(C)[C@@H](CC(C)C)C(=O)N(C)[C@@H](CC(C)C)C(=O)N(C)[C@H](C(C)C)C(=O)N1C. The Balaban J connectivity index is 4.32. The summed E-state index contributed by atoms with van der Waals surface area (Å²) >= 11 is 0. The molecule has 23 nitrogen and oxygen atoms in total. The number of nitrogens with one attached hydrogen (secondary N) is 4. The molecular formula is C62H111N11O12. The maximum Gasteiger partial charge on any atom is 0.246 e. The van der Waals surface area contributed by atoms with E-state index < -0.39 is 156 Å². The molecule has 0 aromatic carbocycles. The fourth-order valence-corrected chi connectivity index (χ4v) is 10.7. The van der Waals surface area contributed by atoms with E-state index in [0.717, 1.165) is 9.80 Å². The Bertz CT molecular complexity index is 2330. The zero-order valence-corrected chi connectivity index (χ0v) is 56.1. The lowest BCUT2D eigenvalue weighted by molar-refractivity contribution is -0.157. The summed E-state index contributed by atoms with van der Waals surface area (Å²) in [4.78, 5) is 169. The summed E-state index contributed by atoms with van der Waals surface area (Å²) in [6.45, 7) is 29.3. The van der Waals surface area contributed by atoms with Gasteiger partial charge >= 0.3 is 0 Å². The van der Waals surface area contributed by atoms with Crippen LogP contribution in [0.1, 0.15) is 156 Å². The number of allylic oxidation sites excluding steroid dienone is 2. The number of amides is 11. The summed E-state index contributed by atoms with van der Waals surface area (Å²) in [5.74, 6) is -9.71. The van der Waals surface area contributed by atoms with Gasteiger partial charge in [-0.05, 0) is 101 Å². The molecule has 23 heteroatoms. The zero-order chi connectivity index (χ0) is 66.0. The van der Waals surface area contributed by atoms with Gasteiger partial charge in [-0.3, -0.25) is 52.7 Å². The highest BCUT2D eigenvalue weighted by molar-refractivity contribution is 5.99. The lowest BCUT2D eigenvalue weighted by Gasteiger charge is -2.41. The normalized spacial score (nSPS) is 26.9. The van der Waals surface area contributed by atoms with Crippen molar-refractivity contribution >= 4 is 65.0 Å². The zero-order valence-electron chi connectivity index (χ0n) is 56.1. The molecule has 5 N–H and O–H groups in total. The van der Waals surface area contributed by atoms with Crippen molar-refractivity contribution in [2.75, 3.05) is 55.9 Å². The third kappa shape index (κ3) is 21.7. The van der Waals surface area contributed by atoms with Gasteiger partial charge < -0.3 is 60.7 Å². The third-order valence-electron chi connectivity index (χ3n) is 16.1. The minimum absolute atomic E-state index is 0.0229.